The standard InChI is InChI=1S/C15H20BrN3O2/c1-11-3-4-14(13(16)9-11)17-10-15(21)19-7-5-18(6-8-19)12(2)20/h3-4,9,17H,5-8,10H2,1-2H3. The first kappa shape index (κ1) is 15.8. The van der Waals surface area contributed by atoms with Crippen LogP contribution in [0.1, 0.15) is 12.5 Å². The zero-order valence-electron chi connectivity index (χ0n) is 12.4. The zero-order chi connectivity index (χ0) is 15.4. The molecule has 0 bridgehead atoms. The van der Waals surface area contributed by atoms with Crippen LogP contribution in [0.3, 0.4) is 0 Å². The number of anilines is 1. The first-order valence-electron chi connectivity index (χ1n) is 7.00. The maximum absolute atomic E-state index is 12.2. The number of aryl methyl sites for hydroxylation is 1. The summed E-state index contributed by atoms with van der Waals surface area (Å²) in [5.74, 6) is 0.134. The number of amides is 2. The number of halogens is 1. The average molecular weight is 354 g/mol. The van der Waals surface area contributed by atoms with Crippen molar-refractivity contribution in [2.24, 2.45) is 0 Å². The maximum atomic E-state index is 12.2. The molecule has 21 heavy (non-hydrogen) atoms. The molecule has 1 aromatic carbocycles. The van der Waals surface area contributed by atoms with Crippen LogP contribution in [0.25, 0.3) is 0 Å². The van der Waals surface area contributed by atoms with Crippen LogP contribution in [0.15, 0.2) is 22.7 Å². The van der Waals surface area contributed by atoms with Gasteiger partial charge in [0.25, 0.3) is 0 Å². The third-order valence-corrected chi connectivity index (χ3v) is 4.29. The number of carbonyl (C=O) groups is 2. The summed E-state index contributed by atoms with van der Waals surface area (Å²) in [7, 11) is 0. The van der Waals surface area contributed by atoms with Crippen molar-refractivity contribution >= 4 is 33.4 Å². The van der Waals surface area contributed by atoms with Gasteiger partial charge in [-0.2, -0.15) is 0 Å². The molecule has 1 fully saturated rings. The second kappa shape index (κ2) is 6.93. The highest BCUT2D eigenvalue weighted by Crippen LogP contribution is 2.23. The Morgan fingerprint density at radius 1 is 1.19 bits per heavy atom. The van der Waals surface area contributed by atoms with Gasteiger partial charge in [0.1, 0.15) is 0 Å². The van der Waals surface area contributed by atoms with Crippen molar-refractivity contribution in [2.45, 2.75) is 13.8 Å². The van der Waals surface area contributed by atoms with E-state index in [2.05, 4.69) is 21.2 Å². The summed E-state index contributed by atoms with van der Waals surface area (Å²) in [6.45, 7) is 6.30. The Hall–Kier alpha value is -1.56. The Morgan fingerprint density at radius 2 is 1.81 bits per heavy atom. The summed E-state index contributed by atoms with van der Waals surface area (Å²) in [6, 6.07) is 5.97. The first-order valence-corrected chi connectivity index (χ1v) is 7.80. The van der Waals surface area contributed by atoms with Crippen molar-refractivity contribution in [3.05, 3.63) is 28.2 Å². The third kappa shape index (κ3) is 4.20. The second-order valence-electron chi connectivity index (χ2n) is 5.22. The van der Waals surface area contributed by atoms with E-state index < -0.39 is 0 Å². The molecular formula is C15H20BrN3O2. The minimum atomic E-state index is 0.0608. The molecule has 0 aromatic heterocycles. The van der Waals surface area contributed by atoms with Crippen molar-refractivity contribution in [1.29, 1.82) is 0 Å². The normalized spacial score (nSPS) is 15.0. The summed E-state index contributed by atoms with van der Waals surface area (Å²) in [5, 5.41) is 3.15. The Bertz CT molecular complexity index is 540. The number of piperazine rings is 1. The molecule has 1 heterocycles. The fourth-order valence-corrected chi connectivity index (χ4v) is 2.95. The lowest BCUT2D eigenvalue weighted by Crippen LogP contribution is -2.51. The van der Waals surface area contributed by atoms with Crippen LogP contribution in [-0.2, 0) is 9.59 Å². The molecule has 0 aliphatic carbocycles. The summed E-state index contributed by atoms with van der Waals surface area (Å²) in [5.41, 5.74) is 2.08. The van der Waals surface area contributed by atoms with Gasteiger partial charge in [0.15, 0.2) is 0 Å². The summed E-state index contributed by atoms with van der Waals surface area (Å²) in [6.07, 6.45) is 0. The summed E-state index contributed by atoms with van der Waals surface area (Å²) in [4.78, 5) is 27.0. The van der Waals surface area contributed by atoms with Gasteiger partial charge in [-0.1, -0.05) is 6.07 Å². The Labute approximate surface area is 133 Å². The number of nitrogens with zero attached hydrogens (tertiary/aromatic N) is 2. The molecule has 1 saturated heterocycles. The highest BCUT2D eigenvalue weighted by Gasteiger charge is 2.21. The second-order valence-corrected chi connectivity index (χ2v) is 6.08. The molecule has 1 aliphatic rings. The van der Waals surface area contributed by atoms with Gasteiger partial charge in [0.2, 0.25) is 11.8 Å². The Balaban J connectivity index is 1.84. The van der Waals surface area contributed by atoms with Crippen LogP contribution in [0.2, 0.25) is 0 Å². The molecule has 1 aliphatic heterocycles. The monoisotopic (exact) mass is 353 g/mol. The Morgan fingerprint density at radius 3 is 2.38 bits per heavy atom. The lowest BCUT2D eigenvalue weighted by molar-refractivity contribution is -0.137. The fourth-order valence-electron chi connectivity index (χ4n) is 2.32. The molecule has 2 amide bonds. The summed E-state index contributed by atoms with van der Waals surface area (Å²) >= 11 is 3.49. The lowest BCUT2D eigenvalue weighted by Gasteiger charge is -2.34. The molecule has 1 aromatic rings. The fraction of sp³-hybridized carbons (Fsp3) is 0.467. The van der Waals surface area contributed by atoms with E-state index in [-0.39, 0.29) is 18.4 Å². The highest BCUT2D eigenvalue weighted by molar-refractivity contribution is 9.10. The predicted octanol–water partition coefficient (Wildman–Crippen LogP) is 1.86. The molecule has 0 radical (unpaired) electrons. The average Bonchev–Trinajstić information content (AvgIpc) is 2.46. The SMILES string of the molecule is CC(=O)N1CCN(C(=O)CNc2ccc(C)cc2Br)CC1. The van der Waals surface area contributed by atoms with Gasteiger partial charge in [-0.3, -0.25) is 9.59 Å². The molecule has 114 valence electrons. The molecule has 6 heteroatoms. The van der Waals surface area contributed by atoms with Crippen molar-refractivity contribution in [3.8, 4) is 0 Å². The highest BCUT2D eigenvalue weighted by atomic mass is 79.9. The van der Waals surface area contributed by atoms with Gasteiger partial charge in [0, 0.05) is 43.3 Å². The van der Waals surface area contributed by atoms with E-state index in [4.69, 9.17) is 0 Å². The molecule has 0 spiro atoms. The minimum Gasteiger partial charge on any atom is -0.375 e. The van der Waals surface area contributed by atoms with E-state index in [1.54, 1.807) is 16.7 Å². The van der Waals surface area contributed by atoms with E-state index in [1.165, 1.54) is 5.56 Å². The molecule has 5 nitrogen and oxygen atoms in total. The van der Waals surface area contributed by atoms with E-state index >= 15 is 0 Å². The van der Waals surface area contributed by atoms with E-state index in [0.29, 0.717) is 26.2 Å². The minimum absolute atomic E-state index is 0.0608. The van der Waals surface area contributed by atoms with Crippen molar-refractivity contribution in [3.63, 3.8) is 0 Å². The van der Waals surface area contributed by atoms with Gasteiger partial charge in [-0.05, 0) is 40.5 Å². The van der Waals surface area contributed by atoms with Crippen molar-refractivity contribution in [1.82, 2.24) is 9.80 Å². The molecular weight excluding hydrogens is 334 g/mol. The molecule has 2 rings (SSSR count). The third-order valence-electron chi connectivity index (χ3n) is 3.63. The van der Waals surface area contributed by atoms with Crippen LogP contribution in [0.4, 0.5) is 5.69 Å². The van der Waals surface area contributed by atoms with Crippen molar-refractivity contribution in [2.75, 3.05) is 38.0 Å². The number of hydrogen-bond donors (Lipinski definition) is 1. The molecule has 1 N–H and O–H groups in total. The predicted molar refractivity (Wildman–Crippen MR) is 86.2 cm³/mol. The molecule has 0 saturated carbocycles. The number of rotatable bonds is 3. The van der Waals surface area contributed by atoms with Gasteiger partial charge < -0.3 is 15.1 Å². The first-order chi connectivity index (χ1) is 9.97. The Kier molecular flexibility index (Phi) is 5.22. The van der Waals surface area contributed by atoms with Crippen LogP contribution in [0, 0.1) is 6.92 Å². The number of nitrogens with one attached hydrogen (secondary N) is 1. The van der Waals surface area contributed by atoms with Crippen molar-refractivity contribution < 1.29 is 9.59 Å². The smallest absolute Gasteiger partial charge is 0.241 e. The largest absolute Gasteiger partial charge is 0.375 e. The molecule has 0 unspecified atom stereocenters. The number of benzene rings is 1. The van der Waals surface area contributed by atoms with Gasteiger partial charge in [-0.25, -0.2) is 0 Å². The van der Waals surface area contributed by atoms with E-state index in [1.807, 2.05) is 25.1 Å². The molecule has 0 atom stereocenters. The van der Waals surface area contributed by atoms with E-state index in [0.717, 1.165) is 10.2 Å². The van der Waals surface area contributed by atoms with Gasteiger partial charge >= 0.3 is 0 Å². The summed E-state index contributed by atoms with van der Waals surface area (Å²) < 4.78 is 0.955. The quantitative estimate of drug-likeness (QED) is 0.902. The van der Waals surface area contributed by atoms with Crippen LogP contribution in [0.5, 0.6) is 0 Å². The maximum Gasteiger partial charge on any atom is 0.241 e. The number of carbonyl (C=O) groups excluding carboxylic acids is 2. The van der Waals surface area contributed by atoms with Crippen LogP contribution < -0.4 is 5.32 Å². The van der Waals surface area contributed by atoms with Crippen LogP contribution in [-0.4, -0.2) is 54.3 Å². The topological polar surface area (TPSA) is 52.7 Å². The lowest BCUT2D eigenvalue weighted by atomic mass is 10.2. The van der Waals surface area contributed by atoms with Gasteiger partial charge in [0.05, 0.1) is 6.54 Å². The zero-order valence-corrected chi connectivity index (χ0v) is 13.9. The van der Waals surface area contributed by atoms with E-state index in [9.17, 15) is 9.59 Å². The number of hydrogen-bond acceptors (Lipinski definition) is 3. The van der Waals surface area contributed by atoms with Crippen LogP contribution >= 0.6 is 15.9 Å². The van der Waals surface area contributed by atoms with Gasteiger partial charge in [-0.15, -0.1) is 0 Å².